The number of rotatable bonds is 4. The van der Waals surface area contributed by atoms with E-state index in [2.05, 4.69) is 0 Å². The summed E-state index contributed by atoms with van der Waals surface area (Å²) < 4.78 is 11.1. The van der Waals surface area contributed by atoms with Gasteiger partial charge in [0.05, 0.1) is 12.7 Å². The van der Waals surface area contributed by atoms with E-state index in [9.17, 15) is 4.79 Å². The Morgan fingerprint density at radius 3 is 2.10 bits per heavy atom. The van der Waals surface area contributed by atoms with Gasteiger partial charge in [0.2, 0.25) is 5.89 Å². The van der Waals surface area contributed by atoms with Gasteiger partial charge in [-0.05, 0) is 35.0 Å². The Labute approximate surface area is 179 Å². The standard InChI is InChI=1S/C27H19NO3/c1-30-27(29)23-15-13-20-16-22(14-12-21(20)17-23)26-28-24(18-8-4-2-5-9-18)25(31-26)19-10-6-3-7-11-19/h2-17H,1H3. The molecule has 5 aromatic rings. The van der Waals surface area contributed by atoms with Gasteiger partial charge >= 0.3 is 5.97 Å². The van der Waals surface area contributed by atoms with E-state index in [0.29, 0.717) is 11.5 Å². The number of methoxy groups -OCH3 is 1. The molecule has 150 valence electrons. The van der Waals surface area contributed by atoms with Gasteiger partial charge in [0.1, 0.15) is 5.69 Å². The lowest BCUT2D eigenvalue weighted by Gasteiger charge is -2.04. The van der Waals surface area contributed by atoms with Crippen molar-refractivity contribution in [2.24, 2.45) is 0 Å². The monoisotopic (exact) mass is 405 g/mol. The molecular formula is C27H19NO3. The van der Waals surface area contributed by atoms with E-state index in [0.717, 1.165) is 38.9 Å². The average Bonchev–Trinajstić information content (AvgIpc) is 3.29. The first-order chi connectivity index (χ1) is 15.2. The third-order valence-corrected chi connectivity index (χ3v) is 5.22. The van der Waals surface area contributed by atoms with Gasteiger partial charge < -0.3 is 9.15 Å². The summed E-state index contributed by atoms with van der Waals surface area (Å²) in [6, 6.07) is 31.5. The van der Waals surface area contributed by atoms with Gasteiger partial charge in [0, 0.05) is 16.7 Å². The van der Waals surface area contributed by atoms with Crippen LogP contribution >= 0.6 is 0 Å². The van der Waals surface area contributed by atoms with Crippen LogP contribution in [0.2, 0.25) is 0 Å². The lowest BCUT2D eigenvalue weighted by Crippen LogP contribution is -2.00. The van der Waals surface area contributed by atoms with Gasteiger partial charge in [0.25, 0.3) is 0 Å². The molecule has 0 amide bonds. The summed E-state index contributed by atoms with van der Waals surface area (Å²) in [4.78, 5) is 16.7. The van der Waals surface area contributed by atoms with Crippen LogP contribution in [-0.4, -0.2) is 18.1 Å². The van der Waals surface area contributed by atoms with Gasteiger partial charge in [-0.1, -0.05) is 72.8 Å². The minimum Gasteiger partial charge on any atom is -0.465 e. The van der Waals surface area contributed by atoms with Gasteiger partial charge in [-0.2, -0.15) is 0 Å². The van der Waals surface area contributed by atoms with Gasteiger partial charge in [-0.15, -0.1) is 0 Å². The maximum absolute atomic E-state index is 11.8. The van der Waals surface area contributed by atoms with Crippen molar-refractivity contribution in [3.63, 3.8) is 0 Å². The Morgan fingerprint density at radius 2 is 1.39 bits per heavy atom. The predicted octanol–water partition coefficient (Wildman–Crippen LogP) is 6.62. The Morgan fingerprint density at radius 1 is 0.742 bits per heavy atom. The molecule has 0 fully saturated rings. The van der Waals surface area contributed by atoms with Crippen LogP contribution in [0, 0.1) is 0 Å². The van der Waals surface area contributed by atoms with Crippen molar-refractivity contribution in [3.05, 3.63) is 103 Å². The lowest BCUT2D eigenvalue weighted by molar-refractivity contribution is 0.0601. The number of benzene rings is 4. The summed E-state index contributed by atoms with van der Waals surface area (Å²) >= 11 is 0. The number of hydrogen-bond acceptors (Lipinski definition) is 4. The second-order valence-electron chi connectivity index (χ2n) is 7.20. The van der Waals surface area contributed by atoms with E-state index in [1.807, 2.05) is 91.0 Å². The maximum atomic E-state index is 11.8. The van der Waals surface area contributed by atoms with Crippen molar-refractivity contribution in [3.8, 4) is 34.0 Å². The number of aromatic nitrogens is 1. The molecule has 0 radical (unpaired) electrons. The Hall–Kier alpha value is -4.18. The molecule has 4 nitrogen and oxygen atoms in total. The molecule has 5 rings (SSSR count). The molecule has 1 aromatic heterocycles. The molecule has 0 spiro atoms. The third-order valence-electron chi connectivity index (χ3n) is 5.22. The molecule has 0 saturated heterocycles. The minimum absolute atomic E-state index is 0.348. The molecule has 0 aliphatic heterocycles. The molecule has 31 heavy (non-hydrogen) atoms. The van der Waals surface area contributed by atoms with Crippen LogP contribution in [0.1, 0.15) is 10.4 Å². The quantitative estimate of drug-likeness (QED) is 0.316. The van der Waals surface area contributed by atoms with Gasteiger partial charge in [-0.3, -0.25) is 0 Å². The van der Waals surface area contributed by atoms with Crippen LogP contribution in [-0.2, 0) is 4.74 Å². The Kier molecular flexibility index (Phi) is 4.81. The van der Waals surface area contributed by atoms with Crippen molar-refractivity contribution < 1.29 is 13.9 Å². The average molecular weight is 405 g/mol. The highest BCUT2D eigenvalue weighted by molar-refractivity contribution is 5.96. The highest BCUT2D eigenvalue weighted by Gasteiger charge is 2.18. The number of nitrogens with zero attached hydrogens (tertiary/aromatic N) is 1. The van der Waals surface area contributed by atoms with Crippen molar-refractivity contribution >= 4 is 16.7 Å². The Balaban J connectivity index is 1.62. The second kappa shape index (κ2) is 7.92. The smallest absolute Gasteiger partial charge is 0.337 e. The normalized spacial score (nSPS) is 10.9. The molecule has 1 heterocycles. The zero-order valence-electron chi connectivity index (χ0n) is 16.9. The zero-order chi connectivity index (χ0) is 21.2. The lowest BCUT2D eigenvalue weighted by atomic mass is 10.0. The highest BCUT2D eigenvalue weighted by atomic mass is 16.5. The van der Waals surface area contributed by atoms with Crippen molar-refractivity contribution in [2.45, 2.75) is 0 Å². The summed E-state index contributed by atoms with van der Waals surface area (Å²) in [5.41, 5.74) is 4.18. The molecule has 4 aromatic carbocycles. The third kappa shape index (κ3) is 3.60. The molecule has 0 saturated carbocycles. The number of oxazole rings is 1. The van der Waals surface area contributed by atoms with Crippen LogP contribution in [0.4, 0.5) is 0 Å². The largest absolute Gasteiger partial charge is 0.465 e. The van der Waals surface area contributed by atoms with E-state index < -0.39 is 0 Å². The van der Waals surface area contributed by atoms with E-state index in [4.69, 9.17) is 14.1 Å². The topological polar surface area (TPSA) is 52.3 Å². The molecule has 0 N–H and O–H groups in total. The summed E-state index contributed by atoms with van der Waals surface area (Å²) in [7, 11) is 1.38. The number of carbonyl (C=O) groups excluding carboxylic acids is 1. The Bertz CT molecular complexity index is 1320. The van der Waals surface area contributed by atoms with Crippen molar-refractivity contribution in [2.75, 3.05) is 7.11 Å². The first-order valence-corrected chi connectivity index (χ1v) is 9.97. The first-order valence-electron chi connectivity index (χ1n) is 9.97. The molecule has 0 bridgehead atoms. The summed E-state index contributed by atoms with van der Waals surface area (Å²) in [5.74, 6) is 0.943. The van der Waals surface area contributed by atoms with Crippen LogP contribution in [0.25, 0.3) is 44.8 Å². The molecular weight excluding hydrogens is 386 g/mol. The molecule has 0 unspecified atom stereocenters. The maximum Gasteiger partial charge on any atom is 0.337 e. The van der Waals surface area contributed by atoms with Gasteiger partial charge in [-0.25, -0.2) is 9.78 Å². The predicted molar refractivity (Wildman–Crippen MR) is 122 cm³/mol. The van der Waals surface area contributed by atoms with E-state index in [-0.39, 0.29) is 5.97 Å². The van der Waals surface area contributed by atoms with Crippen LogP contribution in [0.5, 0.6) is 0 Å². The fourth-order valence-corrected chi connectivity index (χ4v) is 3.64. The molecule has 0 atom stereocenters. The van der Waals surface area contributed by atoms with Crippen LogP contribution < -0.4 is 0 Å². The summed E-state index contributed by atoms with van der Waals surface area (Å²) in [5, 5.41) is 1.94. The van der Waals surface area contributed by atoms with Crippen LogP contribution in [0.3, 0.4) is 0 Å². The fourth-order valence-electron chi connectivity index (χ4n) is 3.64. The number of fused-ring (bicyclic) bond motifs is 1. The molecule has 4 heteroatoms. The van der Waals surface area contributed by atoms with Crippen LogP contribution in [0.15, 0.2) is 101 Å². The van der Waals surface area contributed by atoms with E-state index in [1.165, 1.54) is 7.11 Å². The number of ether oxygens (including phenoxy) is 1. The van der Waals surface area contributed by atoms with E-state index in [1.54, 1.807) is 6.07 Å². The van der Waals surface area contributed by atoms with Crippen molar-refractivity contribution in [1.29, 1.82) is 0 Å². The second-order valence-corrected chi connectivity index (χ2v) is 7.20. The minimum atomic E-state index is -0.348. The van der Waals surface area contributed by atoms with Gasteiger partial charge in [0.15, 0.2) is 5.76 Å². The van der Waals surface area contributed by atoms with Crippen molar-refractivity contribution in [1.82, 2.24) is 4.98 Å². The number of carbonyl (C=O) groups is 1. The van der Waals surface area contributed by atoms with E-state index >= 15 is 0 Å². The summed E-state index contributed by atoms with van der Waals surface area (Å²) in [6.07, 6.45) is 0. The summed E-state index contributed by atoms with van der Waals surface area (Å²) in [6.45, 7) is 0. The fraction of sp³-hybridized carbons (Fsp3) is 0.0370. The highest BCUT2D eigenvalue weighted by Crippen LogP contribution is 2.36. The zero-order valence-corrected chi connectivity index (χ0v) is 16.9. The molecule has 0 aliphatic rings. The first kappa shape index (κ1) is 18.8. The SMILES string of the molecule is COC(=O)c1ccc2cc(-c3nc(-c4ccccc4)c(-c4ccccc4)o3)ccc2c1. The number of esters is 1. The number of hydrogen-bond donors (Lipinski definition) is 0. The molecule has 0 aliphatic carbocycles.